The van der Waals surface area contributed by atoms with Crippen molar-refractivity contribution in [1.82, 2.24) is 5.32 Å². The average molecular weight is 342 g/mol. The first-order chi connectivity index (χ1) is 11.9. The van der Waals surface area contributed by atoms with Crippen molar-refractivity contribution >= 4 is 11.7 Å². The third-order valence-corrected chi connectivity index (χ3v) is 4.18. The van der Waals surface area contributed by atoms with Crippen molar-refractivity contribution in [2.75, 3.05) is 26.1 Å². The summed E-state index contributed by atoms with van der Waals surface area (Å²) >= 11 is 0. The third kappa shape index (κ3) is 4.89. The Kier molecular flexibility index (Phi) is 5.91. The van der Waals surface area contributed by atoms with Gasteiger partial charge in [0, 0.05) is 18.0 Å². The van der Waals surface area contributed by atoms with E-state index in [1.807, 2.05) is 0 Å². The SMILES string of the molecule is COc1ccc(OC)c(NC(=O)NCC(C)(C)c2ccc(C)cc2)c1. The number of aryl methyl sites for hydroxylation is 1. The first-order valence-electron chi connectivity index (χ1n) is 8.20. The van der Waals surface area contributed by atoms with Crippen molar-refractivity contribution in [2.45, 2.75) is 26.2 Å². The van der Waals surface area contributed by atoms with Crippen molar-refractivity contribution in [3.05, 3.63) is 53.6 Å². The molecule has 0 bridgehead atoms. The van der Waals surface area contributed by atoms with E-state index >= 15 is 0 Å². The van der Waals surface area contributed by atoms with Crippen LogP contribution in [0, 0.1) is 6.92 Å². The van der Waals surface area contributed by atoms with E-state index in [-0.39, 0.29) is 11.4 Å². The summed E-state index contributed by atoms with van der Waals surface area (Å²) in [4.78, 5) is 12.3. The normalized spacial score (nSPS) is 10.9. The number of carbonyl (C=O) groups is 1. The molecule has 0 fully saturated rings. The van der Waals surface area contributed by atoms with Crippen LogP contribution in [0.2, 0.25) is 0 Å². The molecule has 0 radical (unpaired) electrons. The molecular formula is C20H26N2O3. The van der Waals surface area contributed by atoms with Crippen molar-refractivity contribution in [3.8, 4) is 11.5 Å². The predicted octanol–water partition coefficient (Wildman–Crippen LogP) is 4.11. The molecule has 0 aromatic heterocycles. The molecule has 5 nitrogen and oxygen atoms in total. The highest BCUT2D eigenvalue weighted by atomic mass is 16.5. The van der Waals surface area contributed by atoms with E-state index in [1.54, 1.807) is 32.4 Å². The number of rotatable bonds is 6. The number of nitrogens with one attached hydrogen (secondary N) is 2. The second-order valence-electron chi connectivity index (χ2n) is 6.62. The fourth-order valence-electron chi connectivity index (χ4n) is 2.49. The molecule has 0 aliphatic rings. The van der Waals surface area contributed by atoms with Crippen LogP contribution in [0.1, 0.15) is 25.0 Å². The van der Waals surface area contributed by atoms with Gasteiger partial charge in [-0.15, -0.1) is 0 Å². The Balaban J connectivity index is 2.02. The average Bonchev–Trinajstić information content (AvgIpc) is 2.60. The van der Waals surface area contributed by atoms with Crippen molar-refractivity contribution in [2.24, 2.45) is 0 Å². The lowest BCUT2D eigenvalue weighted by Gasteiger charge is -2.26. The Morgan fingerprint density at radius 1 is 1.04 bits per heavy atom. The van der Waals surface area contributed by atoms with Gasteiger partial charge in [-0.2, -0.15) is 0 Å². The maximum Gasteiger partial charge on any atom is 0.319 e. The molecule has 2 aromatic rings. The minimum absolute atomic E-state index is 0.177. The number of hydrogen-bond donors (Lipinski definition) is 2. The zero-order valence-electron chi connectivity index (χ0n) is 15.5. The maximum absolute atomic E-state index is 12.3. The molecule has 2 N–H and O–H groups in total. The summed E-state index contributed by atoms with van der Waals surface area (Å²) < 4.78 is 10.5. The number of carbonyl (C=O) groups excluding carboxylic acids is 1. The number of anilines is 1. The molecule has 0 atom stereocenters. The van der Waals surface area contributed by atoms with Crippen LogP contribution in [0.25, 0.3) is 0 Å². The number of ether oxygens (including phenoxy) is 2. The van der Waals surface area contributed by atoms with E-state index in [1.165, 1.54) is 11.1 Å². The van der Waals surface area contributed by atoms with Gasteiger partial charge in [0.05, 0.1) is 19.9 Å². The van der Waals surface area contributed by atoms with Gasteiger partial charge in [0.25, 0.3) is 0 Å². The van der Waals surface area contributed by atoms with E-state index in [0.29, 0.717) is 23.7 Å². The Hall–Kier alpha value is -2.69. The van der Waals surface area contributed by atoms with Gasteiger partial charge < -0.3 is 20.1 Å². The molecule has 0 aliphatic carbocycles. The third-order valence-electron chi connectivity index (χ3n) is 4.18. The molecule has 2 aromatic carbocycles. The smallest absolute Gasteiger partial charge is 0.319 e. The fraction of sp³-hybridized carbons (Fsp3) is 0.350. The zero-order valence-corrected chi connectivity index (χ0v) is 15.5. The molecule has 0 aliphatic heterocycles. The molecule has 0 heterocycles. The lowest BCUT2D eigenvalue weighted by molar-refractivity contribution is 0.249. The number of methoxy groups -OCH3 is 2. The number of benzene rings is 2. The zero-order chi connectivity index (χ0) is 18.4. The van der Waals surface area contributed by atoms with E-state index in [9.17, 15) is 4.79 Å². The molecule has 134 valence electrons. The Morgan fingerprint density at radius 3 is 2.32 bits per heavy atom. The van der Waals surface area contributed by atoms with E-state index in [0.717, 1.165) is 0 Å². The van der Waals surface area contributed by atoms with Gasteiger partial charge in [-0.05, 0) is 24.6 Å². The highest BCUT2D eigenvalue weighted by Crippen LogP contribution is 2.29. The Bertz CT molecular complexity index is 724. The van der Waals surface area contributed by atoms with Gasteiger partial charge in [-0.1, -0.05) is 43.7 Å². The largest absolute Gasteiger partial charge is 0.497 e. The standard InChI is InChI=1S/C20H26N2O3/c1-14-6-8-15(9-7-14)20(2,3)13-21-19(23)22-17-12-16(24-4)10-11-18(17)25-5/h6-12H,13H2,1-5H3,(H2,21,22,23). The van der Waals surface area contributed by atoms with Crippen LogP contribution in [-0.2, 0) is 5.41 Å². The van der Waals surface area contributed by atoms with Crippen molar-refractivity contribution in [1.29, 1.82) is 0 Å². The lowest BCUT2D eigenvalue weighted by atomic mass is 9.84. The fourth-order valence-corrected chi connectivity index (χ4v) is 2.49. The topological polar surface area (TPSA) is 59.6 Å². The minimum atomic E-state index is -0.285. The molecular weight excluding hydrogens is 316 g/mol. The van der Waals surface area contributed by atoms with E-state index in [4.69, 9.17) is 9.47 Å². The number of amides is 2. The van der Waals surface area contributed by atoms with E-state index < -0.39 is 0 Å². The Morgan fingerprint density at radius 2 is 1.72 bits per heavy atom. The van der Waals surface area contributed by atoms with Crippen LogP contribution in [0.4, 0.5) is 10.5 Å². The first kappa shape index (κ1) is 18.6. The second-order valence-corrected chi connectivity index (χ2v) is 6.62. The summed E-state index contributed by atoms with van der Waals surface area (Å²) in [6.45, 7) is 6.77. The van der Waals surface area contributed by atoms with Gasteiger partial charge in [0.15, 0.2) is 0 Å². The summed E-state index contributed by atoms with van der Waals surface area (Å²) in [6, 6.07) is 13.3. The summed E-state index contributed by atoms with van der Waals surface area (Å²) in [5.74, 6) is 1.23. The summed E-state index contributed by atoms with van der Waals surface area (Å²) in [7, 11) is 3.14. The van der Waals surface area contributed by atoms with Crippen LogP contribution in [-0.4, -0.2) is 26.8 Å². The highest BCUT2D eigenvalue weighted by molar-refractivity contribution is 5.91. The predicted molar refractivity (Wildman–Crippen MR) is 101 cm³/mol. The van der Waals surface area contributed by atoms with Gasteiger partial charge in [-0.25, -0.2) is 4.79 Å². The van der Waals surface area contributed by atoms with Gasteiger partial charge >= 0.3 is 6.03 Å². The molecule has 0 saturated carbocycles. The Labute approximate surface area is 149 Å². The quantitative estimate of drug-likeness (QED) is 0.830. The monoisotopic (exact) mass is 342 g/mol. The first-order valence-corrected chi connectivity index (χ1v) is 8.20. The van der Waals surface area contributed by atoms with E-state index in [2.05, 4.69) is 55.7 Å². The van der Waals surface area contributed by atoms with Crippen molar-refractivity contribution in [3.63, 3.8) is 0 Å². The minimum Gasteiger partial charge on any atom is -0.497 e. The molecule has 2 rings (SSSR count). The van der Waals surface area contributed by atoms with Gasteiger partial charge in [0.1, 0.15) is 11.5 Å². The van der Waals surface area contributed by atoms with Crippen LogP contribution in [0.3, 0.4) is 0 Å². The summed E-state index contributed by atoms with van der Waals surface area (Å²) in [6.07, 6.45) is 0. The maximum atomic E-state index is 12.3. The summed E-state index contributed by atoms with van der Waals surface area (Å²) in [5, 5.41) is 5.74. The number of urea groups is 1. The lowest BCUT2D eigenvalue weighted by Crippen LogP contribution is -2.39. The summed E-state index contributed by atoms with van der Waals surface area (Å²) in [5.41, 5.74) is 2.78. The molecule has 0 saturated heterocycles. The second kappa shape index (κ2) is 7.92. The van der Waals surface area contributed by atoms with Crippen LogP contribution >= 0.6 is 0 Å². The molecule has 25 heavy (non-hydrogen) atoms. The molecule has 0 spiro atoms. The highest BCUT2D eigenvalue weighted by Gasteiger charge is 2.21. The molecule has 5 heteroatoms. The van der Waals surface area contributed by atoms with Crippen LogP contribution in [0.15, 0.2) is 42.5 Å². The van der Waals surface area contributed by atoms with Crippen LogP contribution < -0.4 is 20.1 Å². The van der Waals surface area contributed by atoms with Crippen LogP contribution in [0.5, 0.6) is 11.5 Å². The van der Waals surface area contributed by atoms with Gasteiger partial charge in [0.2, 0.25) is 0 Å². The van der Waals surface area contributed by atoms with Gasteiger partial charge in [-0.3, -0.25) is 0 Å². The molecule has 2 amide bonds. The number of hydrogen-bond acceptors (Lipinski definition) is 3. The van der Waals surface area contributed by atoms with Crippen molar-refractivity contribution < 1.29 is 14.3 Å². The molecule has 0 unspecified atom stereocenters.